The van der Waals surface area contributed by atoms with Crippen LogP contribution in [0.4, 0.5) is 13.2 Å². The summed E-state index contributed by atoms with van der Waals surface area (Å²) in [7, 11) is 0. The second kappa shape index (κ2) is 6.46. The molecule has 0 atom stereocenters. The van der Waals surface area contributed by atoms with Crippen LogP contribution in [0.5, 0.6) is 0 Å². The van der Waals surface area contributed by atoms with Gasteiger partial charge in [0.25, 0.3) is 0 Å². The summed E-state index contributed by atoms with van der Waals surface area (Å²) in [5.41, 5.74) is 2.30. The van der Waals surface area contributed by atoms with Gasteiger partial charge in [-0.05, 0) is 0 Å². The van der Waals surface area contributed by atoms with Gasteiger partial charge in [-0.15, -0.1) is 0 Å². The zero-order valence-corrected chi connectivity index (χ0v) is 14.8. The Bertz CT molecular complexity index is 837. The molecule has 6 heteroatoms. The topological polar surface area (TPSA) is 17.8 Å². The summed E-state index contributed by atoms with van der Waals surface area (Å²) in [5, 5.41) is 4.59. The molecule has 0 aliphatic heterocycles. The molecule has 1 aromatic heterocycles. The molecule has 0 fully saturated rings. The van der Waals surface area contributed by atoms with E-state index in [0.29, 0.717) is 0 Å². The number of halogens is 3. The maximum absolute atomic E-state index is 12.7. The molecule has 0 spiro atoms. The Morgan fingerprint density at radius 3 is 2.12 bits per heavy atom. The van der Waals surface area contributed by atoms with Crippen molar-refractivity contribution < 1.29 is 13.2 Å². The van der Waals surface area contributed by atoms with Crippen LogP contribution in [0.3, 0.4) is 0 Å². The van der Waals surface area contributed by atoms with Crippen molar-refractivity contribution in [3.05, 3.63) is 71.5 Å². The average molecular weight is 395 g/mol. The molecule has 0 radical (unpaired) electrons. The zero-order valence-electron chi connectivity index (χ0n) is 13.1. The van der Waals surface area contributed by atoms with Crippen molar-refractivity contribution in [2.24, 2.45) is 0 Å². The molecule has 124 valence electrons. The van der Waals surface area contributed by atoms with Crippen LogP contribution in [-0.4, -0.2) is 24.7 Å². The van der Waals surface area contributed by atoms with Gasteiger partial charge < -0.3 is 0 Å². The number of nitrogens with zero attached hydrogens (tertiary/aromatic N) is 2. The van der Waals surface area contributed by atoms with Gasteiger partial charge in [-0.1, -0.05) is 0 Å². The summed E-state index contributed by atoms with van der Waals surface area (Å²) >= 11 is -0.0919. The molecule has 3 rings (SSSR count). The Morgan fingerprint density at radius 2 is 1.54 bits per heavy atom. The van der Waals surface area contributed by atoms with E-state index >= 15 is 0 Å². The first-order chi connectivity index (χ1) is 11.4. The van der Waals surface area contributed by atoms with Crippen molar-refractivity contribution in [1.29, 1.82) is 0 Å². The summed E-state index contributed by atoms with van der Waals surface area (Å²) in [6.07, 6.45) is -4.30. The van der Waals surface area contributed by atoms with E-state index in [2.05, 4.69) is 5.10 Å². The number of alkyl halides is 3. The fourth-order valence-corrected chi connectivity index (χ4v) is 4.38. The van der Waals surface area contributed by atoms with E-state index in [9.17, 15) is 13.2 Å². The van der Waals surface area contributed by atoms with Gasteiger partial charge >= 0.3 is 144 Å². The van der Waals surface area contributed by atoms with Crippen LogP contribution in [0.15, 0.2) is 54.6 Å². The van der Waals surface area contributed by atoms with Crippen LogP contribution < -0.4 is 8.92 Å². The quantitative estimate of drug-likeness (QED) is 0.623. The van der Waals surface area contributed by atoms with Gasteiger partial charge in [0, 0.05) is 0 Å². The third-order valence-electron chi connectivity index (χ3n) is 3.63. The molecule has 0 aliphatic rings. The van der Waals surface area contributed by atoms with Crippen molar-refractivity contribution in [2.45, 2.75) is 20.0 Å². The molecule has 0 unspecified atom stereocenters. The molecule has 2 aromatic carbocycles. The number of aryl methyl sites for hydroxylation is 1. The zero-order chi connectivity index (χ0) is 17.3. The molecule has 0 bridgehead atoms. The molecule has 2 nitrogen and oxygen atoms in total. The molecule has 3 aromatic rings. The Balaban J connectivity index is 1.90. The Kier molecular flexibility index (Phi) is 4.52. The summed E-state index contributed by atoms with van der Waals surface area (Å²) in [6, 6.07) is 15.2. The standard InChI is InChI=1S/C18H15F3N2Se/c1-12-17(13(2)23(22-12)15-6-4-3-5-7-15)24-16-10-8-14(9-11-16)18(19,20)21/h3-11H,1-2H3. The van der Waals surface area contributed by atoms with Gasteiger partial charge in [-0.3, -0.25) is 0 Å². The van der Waals surface area contributed by atoms with E-state index in [-0.39, 0.29) is 15.0 Å². The van der Waals surface area contributed by atoms with Crippen molar-refractivity contribution in [3.63, 3.8) is 0 Å². The van der Waals surface area contributed by atoms with Gasteiger partial charge in [0.05, 0.1) is 0 Å². The van der Waals surface area contributed by atoms with Crippen LogP contribution in [0, 0.1) is 13.8 Å². The Morgan fingerprint density at radius 1 is 0.917 bits per heavy atom. The van der Waals surface area contributed by atoms with E-state index in [1.165, 1.54) is 0 Å². The SMILES string of the molecule is Cc1nn(-c2ccccc2)c(C)c1[Se]c1ccc(C(F)(F)F)cc1. The summed E-state index contributed by atoms with van der Waals surface area (Å²) in [4.78, 5) is 0. The molecular formula is C18H15F3N2Se. The fourth-order valence-electron chi connectivity index (χ4n) is 2.43. The number of aromatic nitrogens is 2. The molecule has 0 aliphatic carbocycles. The van der Waals surface area contributed by atoms with Crippen LogP contribution in [0.25, 0.3) is 5.69 Å². The molecular weight excluding hydrogens is 380 g/mol. The third kappa shape index (κ3) is 3.40. The van der Waals surface area contributed by atoms with Crippen molar-refractivity contribution in [2.75, 3.05) is 0 Å². The molecule has 24 heavy (non-hydrogen) atoms. The van der Waals surface area contributed by atoms with Crippen molar-refractivity contribution in [3.8, 4) is 5.69 Å². The number of para-hydroxylation sites is 1. The van der Waals surface area contributed by atoms with E-state index < -0.39 is 11.7 Å². The minimum atomic E-state index is -4.30. The number of hydrogen-bond donors (Lipinski definition) is 0. The maximum atomic E-state index is 12.7. The first-order valence-corrected chi connectivity index (χ1v) is 9.04. The van der Waals surface area contributed by atoms with Gasteiger partial charge in [-0.2, -0.15) is 0 Å². The number of rotatable bonds is 3. The van der Waals surface area contributed by atoms with Crippen LogP contribution in [-0.2, 0) is 6.18 Å². The second-order valence-electron chi connectivity index (χ2n) is 5.37. The van der Waals surface area contributed by atoms with Crippen LogP contribution >= 0.6 is 0 Å². The first-order valence-electron chi connectivity index (χ1n) is 7.33. The minimum absolute atomic E-state index is 0.0919. The summed E-state index contributed by atoms with van der Waals surface area (Å²) < 4.78 is 41.9. The molecule has 1 heterocycles. The predicted octanol–water partition coefficient (Wildman–Crippen LogP) is 3.16. The number of hydrogen-bond acceptors (Lipinski definition) is 1. The van der Waals surface area contributed by atoms with E-state index in [0.717, 1.165) is 38.1 Å². The molecule has 0 saturated carbocycles. The fraction of sp³-hybridized carbons (Fsp3) is 0.167. The Hall–Kier alpha value is -2.04. The third-order valence-corrected chi connectivity index (χ3v) is 6.36. The molecule has 0 amide bonds. The van der Waals surface area contributed by atoms with E-state index in [1.54, 1.807) is 12.1 Å². The van der Waals surface area contributed by atoms with E-state index in [4.69, 9.17) is 0 Å². The van der Waals surface area contributed by atoms with Crippen molar-refractivity contribution in [1.82, 2.24) is 9.78 Å². The first kappa shape index (κ1) is 16.8. The summed E-state index contributed by atoms with van der Waals surface area (Å²) in [5.74, 6) is 0. The van der Waals surface area contributed by atoms with E-state index in [1.807, 2.05) is 48.9 Å². The number of benzene rings is 2. The monoisotopic (exact) mass is 396 g/mol. The van der Waals surface area contributed by atoms with Gasteiger partial charge in [0.15, 0.2) is 0 Å². The predicted molar refractivity (Wildman–Crippen MR) is 89.5 cm³/mol. The molecule has 0 N–H and O–H groups in total. The Labute approximate surface area is 144 Å². The van der Waals surface area contributed by atoms with Gasteiger partial charge in [0.1, 0.15) is 0 Å². The van der Waals surface area contributed by atoms with Gasteiger partial charge in [-0.25, -0.2) is 0 Å². The normalized spacial score (nSPS) is 11.7. The van der Waals surface area contributed by atoms with Crippen LogP contribution in [0.2, 0.25) is 0 Å². The van der Waals surface area contributed by atoms with Gasteiger partial charge in [0.2, 0.25) is 0 Å². The second-order valence-corrected chi connectivity index (χ2v) is 7.65. The molecule has 0 saturated heterocycles. The summed E-state index contributed by atoms with van der Waals surface area (Å²) in [6.45, 7) is 3.93. The van der Waals surface area contributed by atoms with Crippen molar-refractivity contribution >= 4 is 23.9 Å². The van der Waals surface area contributed by atoms with Crippen LogP contribution in [0.1, 0.15) is 17.0 Å². The average Bonchev–Trinajstić information content (AvgIpc) is 2.83.